The fourth-order valence-electron chi connectivity index (χ4n) is 1.73. The largest absolute Gasteiger partial charge is 0.482 e. The van der Waals surface area contributed by atoms with Crippen LogP contribution in [0.25, 0.3) is 11.3 Å². The molecule has 0 saturated heterocycles. The minimum absolute atomic E-state index is 0.0252. The number of nitrogens with zero attached hydrogens (tertiary/aromatic N) is 1. The van der Waals surface area contributed by atoms with Gasteiger partial charge in [-0.1, -0.05) is 17.3 Å². The Morgan fingerprint density at radius 2 is 2.29 bits per heavy atom. The smallest absolute Gasteiger partial charge is 0.262 e. The molecule has 17 heavy (non-hydrogen) atoms. The van der Waals surface area contributed by atoms with Crippen molar-refractivity contribution in [2.75, 3.05) is 17.7 Å². The average Bonchev–Trinajstić information content (AvgIpc) is 2.75. The number of anilines is 2. The minimum Gasteiger partial charge on any atom is -0.482 e. The van der Waals surface area contributed by atoms with Crippen molar-refractivity contribution in [1.82, 2.24) is 5.16 Å². The molecular formula is C11H9N3O3. The molecule has 0 bridgehead atoms. The van der Waals surface area contributed by atoms with Gasteiger partial charge in [-0.25, -0.2) is 0 Å². The van der Waals surface area contributed by atoms with Gasteiger partial charge in [-0.3, -0.25) is 4.79 Å². The summed E-state index contributed by atoms with van der Waals surface area (Å²) in [7, 11) is 0. The maximum atomic E-state index is 11.3. The van der Waals surface area contributed by atoms with E-state index in [-0.39, 0.29) is 18.4 Å². The van der Waals surface area contributed by atoms with E-state index in [9.17, 15) is 4.79 Å². The highest BCUT2D eigenvalue weighted by atomic mass is 16.5. The number of ether oxygens (including phenoxy) is 1. The van der Waals surface area contributed by atoms with Crippen molar-refractivity contribution in [3.05, 3.63) is 24.3 Å². The summed E-state index contributed by atoms with van der Waals surface area (Å²) in [5.41, 5.74) is 7.34. The highest BCUT2D eigenvalue weighted by molar-refractivity contribution is 6.00. The Morgan fingerprint density at radius 3 is 3.06 bits per heavy atom. The van der Waals surface area contributed by atoms with E-state index in [4.69, 9.17) is 15.0 Å². The number of para-hydroxylation sites is 1. The van der Waals surface area contributed by atoms with Crippen LogP contribution >= 0.6 is 0 Å². The highest BCUT2D eigenvalue weighted by Crippen LogP contribution is 2.37. The van der Waals surface area contributed by atoms with Crippen molar-refractivity contribution >= 4 is 17.5 Å². The molecule has 6 nitrogen and oxygen atoms in total. The molecular weight excluding hydrogens is 222 g/mol. The molecule has 0 spiro atoms. The molecule has 0 atom stereocenters. The Labute approximate surface area is 96.3 Å². The number of nitrogens with two attached hydrogens (primary N) is 1. The normalized spacial score (nSPS) is 13.8. The van der Waals surface area contributed by atoms with E-state index in [2.05, 4.69) is 10.5 Å². The van der Waals surface area contributed by atoms with E-state index < -0.39 is 0 Å². The molecule has 3 N–H and O–H groups in total. The van der Waals surface area contributed by atoms with Crippen LogP contribution in [0.3, 0.4) is 0 Å². The first-order valence-electron chi connectivity index (χ1n) is 5.02. The number of benzene rings is 1. The van der Waals surface area contributed by atoms with Crippen LogP contribution in [0, 0.1) is 0 Å². The number of nitrogens with one attached hydrogen (secondary N) is 1. The topological polar surface area (TPSA) is 90.4 Å². The number of carbonyl (C=O) groups excluding carboxylic acids is 1. The second-order valence-electron chi connectivity index (χ2n) is 3.63. The van der Waals surface area contributed by atoms with Crippen molar-refractivity contribution in [1.29, 1.82) is 0 Å². The van der Waals surface area contributed by atoms with Crippen LogP contribution in [0.4, 0.5) is 11.6 Å². The third-order valence-electron chi connectivity index (χ3n) is 2.45. The fraction of sp³-hybridized carbons (Fsp3) is 0.0909. The van der Waals surface area contributed by atoms with E-state index in [1.807, 2.05) is 12.1 Å². The molecule has 6 heteroatoms. The van der Waals surface area contributed by atoms with Crippen LogP contribution < -0.4 is 15.8 Å². The van der Waals surface area contributed by atoms with Gasteiger partial charge in [0.05, 0.1) is 5.69 Å². The van der Waals surface area contributed by atoms with Gasteiger partial charge in [0.25, 0.3) is 5.91 Å². The van der Waals surface area contributed by atoms with Crippen molar-refractivity contribution in [2.45, 2.75) is 0 Å². The summed E-state index contributed by atoms with van der Waals surface area (Å²) >= 11 is 0. The van der Waals surface area contributed by atoms with Crippen LogP contribution in [0.2, 0.25) is 0 Å². The lowest BCUT2D eigenvalue weighted by molar-refractivity contribution is -0.118. The van der Waals surface area contributed by atoms with E-state index in [0.717, 1.165) is 5.56 Å². The number of carbonyl (C=O) groups is 1. The van der Waals surface area contributed by atoms with Crippen LogP contribution in [0.15, 0.2) is 28.8 Å². The summed E-state index contributed by atoms with van der Waals surface area (Å²) in [6.45, 7) is 0.0252. The molecule has 1 aliphatic rings. The maximum Gasteiger partial charge on any atom is 0.262 e. The van der Waals surface area contributed by atoms with Gasteiger partial charge in [-0.15, -0.1) is 0 Å². The first-order chi connectivity index (χ1) is 8.24. The third kappa shape index (κ3) is 1.59. The zero-order valence-electron chi connectivity index (χ0n) is 8.77. The number of rotatable bonds is 1. The van der Waals surface area contributed by atoms with Gasteiger partial charge in [0.15, 0.2) is 6.61 Å². The number of fused-ring (bicyclic) bond motifs is 1. The van der Waals surface area contributed by atoms with E-state index in [0.29, 0.717) is 17.1 Å². The van der Waals surface area contributed by atoms with Gasteiger partial charge in [-0.05, 0) is 6.07 Å². The maximum absolute atomic E-state index is 11.3. The summed E-state index contributed by atoms with van der Waals surface area (Å²) in [6.07, 6.45) is 0. The first kappa shape index (κ1) is 9.71. The second-order valence-corrected chi connectivity index (χ2v) is 3.63. The number of hydrogen-bond acceptors (Lipinski definition) is 5. The summed E-state index contributed by atoms with van der Waals surface area (Å²) < 4.78 is 10.1. The molecule has 1 aromatic heterocycles. The van der Waals surface area contributed by atoms with Crippen LogP contribution in [0.1, 0.15) is 0 Å². The lowest BCUT2D eigenvalue weighted by atomic mass is 10.1. The molecule has 86 valence electrons. The Balaban J connectivity index is 2.14. The monoisotopic (exact) mass is 231 g/mol. The summed E-state index contributed by atoms with van der Waals surface area (Å²) in [4.78, 5) is 11.3. The molecule has 1 aromatic carbocycles. The second kappa shape index (κ2) is 3.51. The van der Waals surface area contributed by atoms with Crippen molar-refractivity contribution in [2.24, 2.45) is 0 Å². The van der Waals surface area contributed by atoms with Gasteiger partial charge >= 0.3 is 0 Å². The van der Waals surface area contributed by atoms with Crippen molar-refractivity contribution in [3.8, 4) is 17.0 Å². The summed E-state index contributed by atoms with van der Waals surface area (Å²) in [5.74, 6) is 0.644. The molecule has 0 radical (unpaired) electrons. The number of aromatic nitrogens is 1. The summed E-state index contributed by atoms with van der Waals surface area (Å²) in [6, 6.07) is 7.00. The summed E-state index contributed by atoms with van der Waals surface area (Å²) in [5, 5.41) is 6.56. The lowest BCUT2D eigenvalue weighted by Crippen LogP contribution is -2.25. The SMILES string of the molecule is Nc1cc(-c2cccc3c2NC(=O)CO3)no1. The zero-order chi connectivity index (χ0) is 11.8. The van der Waals surface area contributed by atoms with Crippen LogP contribution in [-0.2, 0) is 4.79 Å². The first-order valence-corrected chi connectivity index (χ1v) is 5.02. The number of hydrogen-bond donors (Lipinski definition) is 2. The van der Waals surface area contributed by atoms with Gasteiger partial charge in [-0.2, -0.15) is 0 Å². The Morgan fingerprint density at radius 1 is 1.41 bits per heavy atom. The highest BCUT2D eigenvalue weighted by Gasteiger charge is 2.20. The Kier molecular flexibility index (Phi) is 2.01. The van der Waals surface area contributed by atoms with Gasteiger partial charge in [0.1, 0.15) is 11.4 Å². The minimum atomic E-state index is -0.193. The molecule has 2 aromatic rings. The standard InChI is InChI=1S/C11H9N3O3/c12-9-4-7(14-17-9)6-2-1-3-8-11(6)13-10(15)5-16-8/h1-4H,5,12H2,(H,13,15). The molecule has 0 fully saturated rings. The molecule has 1 aliphatic heterocycles. The van der Waals surface area contributed by atoms with Gasteiger partial charge < -0.3 is 20.3 Å². The molecule has 0 saturated carbocycles. The molecule has 2 heterocycles. The molecule has 0 unspecified atom stereocenters. The quantitative estimate of drug-likeness (QED) is 0.770. The van der Waals surface area contributed by atoms with Crippen LogP contribution in [-0.4, -0.2) is 17.7 Å². The fourth-order valence-corrected chi connectivity index (χ4v) is 1.73. The number of amides is 1. The van der Waals surface area contributed by atoms with Crippen molar-refractivity contribution < 1.29 is 14.1 Å². The third-order valence-corrected chi connectivity index (χ3v) is 2.45. The Hall–Kier alpha value is -2.50. The number of nitrogen functional groups attached to an aromatic ring is 1. The Bertz CT molecular complexity index is 591. The molecule has 1 amide bonds. The van der Waals surface area contributed by atoms with E-state index in [1.54, 1.807) is 12.1 Å². The van der Waals surface area contributed by atoms with Crippen LogP contribution in [0.5, 0.6) is 5.75 Å². The zero-order valence-corrected chi connectivity index (χ0v) is 8.77. The van der Waals surface area contributed by atoms with Gasteiger partial charge in [0, 0.05) is 11.6 Å². The molecule has 0 aliphatic carbocycles. The van der Waals surface area contributed by atoms with Gasteiger partial charge in [0.2, 0.25) is 5.88 Å². The predicted octanol–water partition coefficient (Wildman–Crippen LogP) is 1.25. The predicted molar refractivity (Wildman–Crippen MR) is 60.5 cm³/mol. The van der Waals surface area contributed by atoms with E-state index in [1.165, 1.54) is 0 Å². The lowest BCUT2D eigenvalue weighted by Gasteiger charge is -2.19. The molecule has 3 rings (SSSR count). The van der Waals surface area contributed by atoms with Crippen molar-refractivity contribution in [3.63, 3.8) is 0 Å². The van der Waals surface area contributed by atoms with E-state index >= 15 is 0 Å². The average molecular weight is 231 g/mol.